The lowest BCUT2D eigenvalue weighted by Gasteiger charge is -1.97. The highest BCUT2D eigenvalue weighted by Gasteiger charge is 2.09. The maximum atomic E-state index is 11.2. The Morgan fingerprint density at radius 1 is 1.43 bits per heavy atom. The summed E-state index contributed by atoms with van der Waals surface area (Å²) in [6, 6.07) is 5.40. The number of furan rings is 1. The fourth-order valence-electron chi connectivity index (χ4n) is 1.41. The minimum Gasteiger partial charge on any atom is -0.497 e. The number of fused-ring (bicyclic) bond motifs is 1. The van der Waals surface area contributed by atoms with Crippen LogP contribution in [-0.2, 0) is 0 Å². The van der Waals surface area contributed by atoms with Gasteiger partial charge >= 0.3 is 0 Å². The van der Waals surface area contributed by atoms with Crippen LogP contribution in [0.2, 0.25) is 0 Å². The number of methoxy groups -OCH3 is 1. The number of ketones is 1. The maximum absolute atomic E-state index is 11.2. The molecule has 0 spiro atoms. The number of hydrogen-bond donors (Lipinski definition) is 0. The Morgan fingerprint density at radius 3 is 2.86 bits per heavy atom. The zero-order valence-corrected chi connectivity index (χ0v) is 8.03. The average molecular weight is 190 g/mol. The molecule has 1 aromatic heterocycles. The second kappa shape index (κ2) is 3.18. The Kier molecular flexibility index (Phi) is 2.00. The highest BCUT2D eigenvalue weighted by atomic mass is 16.5. The van der Waals surface area contributed by atoms with Crippen molar-refractivity contribution in [3.8, 4) is 5.75 Å². The largest absolute Gasteiger partial charge is 0.497 e. The van der Waals surface area contributed by atoms with Gasteiger partial charge in [0.15, 0.2) is 5.78 Å². The van der Waals surface area contributed by atoms with Crippen LogP contribution in [0.1, 0.15) is 17.3 Å². The fourth-order valence-corrected chi connectivity index (χ4v) is 1.41. The second-order valence-electron chi connectivity index (χ2n) is 3.07. The lowest BCUT2D eigenvalue weighted by molar-refractivity contribution is 0.101. The van der Waals surface area contributed by atoms with Crippen molar-refractivity contribution in [2.24, 2.45) is 0 Å². The Morgan fingerprint density at radius 2 is 2.21 bits per heavy atom. The molecule has 0 aliphatic rings. The van der Waals surface area contributed by atoms with Crippen LogP contribution in [0.4, 0.5) is 0 Å². The van der Waals surface area contributed by atoms with Crippen LogP contribution in [0.25, 0.3) is 11.0 Å². The Bertz CT molecular complexity index is 482. The summed E-state index contributed by atoms with van der Waals surface area (Å²) < 4.78 is 10.3. The van der Waals surface area contributed by atoms with Gasteiger partial charge in [-0.15, -0.1) is 0 Å². The van der Waals surface area contributed by atoms with Gasteiger partial charge in [-0.05, 0) is 19.1 Å². The van der Waals surface area contributed by atoms with Gasteiger partial charge in [-0.25, -0.2) is 0 Å². The van der Waals surface area contributed by atoms with E-state index in [1.807, 2.05) is 12.1 Å². The van der Waals surface area contributed by atoms with Crippen molar-refractivity contribution in [2.75, 3.05) is 7.11 Å². The number of hydrogen-bond acceptors (Lipinski definition) is 3. The number of carbonyl (C=O) groups is 1. The van der Waals surface area contributed by atoms with E-state index in [4.69, 9.17) is 9.15 Å². The first kappa shape index (κ1) is 8.81. The molecule has 0 radical (unpaired) electrons. The minimum atomic E-state index is 0.00826. The predicted molar refractivity (Wildman–Crippen MR) is 52.8 cm³/mol. The number of carbonyl (C=O) groups excluding carboxylic acids is 1. The van der Waals surface area contributed by atoms with Crippen LogP contribution in [0, 0.1) is 0 Å². The van der Waals surface area contributed by atoms with Crippen molar-refractivity contribution in [3.05, 3.63) is 30.0 Å². The smallest absolute Gasteiger partial charge is 0.163 e. The molecule has 0 saturated heterocycles. The quantitative estimate of drug-likeness (QED) is 0.683. The molecule has 3 nitrogen and oxygen atoms in total. The molecule has 14 heavy (non-hydrogen) atoms. The molecule has 0 atom stereocenters. The van der Waals surface area contributed by atoms with Crippen LogP contribution in [0.5, 0.6) is 5.75 Å². The van der Waals surface area contributed by atoms with Gasteiger partial charge in [-0.3, -0.25) is 4.79 Å². The Hall–Kier alpha value is -1.77. The SMILES string of the molecule is COc1ccc2c(C(C)=O)coc2c1. The maximum Gasteiger partial charge on any atom is 0.163 e. The first-order valence-electron chi connectivity index (χ1n) is 4.28. The number of Topliss-reactive ketones (excluding diaryl/α,β-unsaturated/α-hetero) is 1. The van der Waals surface area contributed by atoms with Crippen molar-refractivity contribution in [1.29, 1.82) is 0 Å². The van der Waals surface area contributed by atoms with E-state index >= 15 is 0 Å². The molecule has 2 rings (SSSR count). The van der Waals surface area contributed by atoms with Gasteiger partial charge in [-0.2, -0.15) is 0 Å². The molecule has 0 bridgehead atoms. The molecule has 2 aromatic rings. The first-order valence-corrected chi connectivity index (χ1v) is 4.28. The van der Waals surface area contributed by atoms with E-state index < -0.39 is 0 Å². The number of rotatable bonds is 2. The Labute approximate surface area is 81.3 Å². The molecular weight excluding hydrogens is 180 g/mol. The van der Waals surface area contributed by atoms with Crippen LogP contribution in [0.15, 0.2) is 28.9 Å². The van der Waals surface area contributed by atoms with Gasteiger partial charge in [0.2, 0.25) is 0 Å². The average Bonchev–Trinajstić information content (AvgIpc) is 2.59. The summed E-state index contributed by atoms with van der Waals surface area (Å²) in [5.41, 5.74) is 1.29. The molecule has 1 heterocycles. The summed E-state index contributed by atoms with van der Waals surface area (Å²) >= 11 is 0. The summed E-state index contributed by atoms with van der Waals surface area (Å²) in [6.07, 6.45) is 1.48. The van der Waals surface area contributed by atoms with Crippen molar-refractivity contribution >= 4 is 16.8 Å². The summed E-state index contributed by atoms with van der Waals surface area (Å²) in [7, 11) is 1.59. The number of benzene rings is 1. The topological polar surface area (TPSA) is 39.4 Å². The monoisotopic (exact) mass is 190 g/mol. The van der Waals surface area contributed by atoms with Crippen LogP contribution in [-0.4, -0.2) is 12.9 Å². The second-order valence-corrected chi connectivity index (χ2v) is 3.07. The molecule has 0 saturated carbocycles. The molecular formula is C11H10O3. The predicted octanol–water partition coefficient (Wildman–Crippen LogP) is 2.64. The van der Waals surface area contributed by atoms with E-state index in [-0.39, 0.29) is 5.78 Å². The molecule has 0 aliphatic carbocycles. The van der Waals surface area contributed by atoms with E-state index in [2.05, 4.69) is 0 Å². The van der Waals surface area contributed by atoms with E-state index in [0.717, 1.165) is 11.1 Å². The minimum absolute atomic E-state index is 0.00826. The van der Waals surface area contributed by atoms with Gasteiger partial charge < -0.3 is 9.15 Å². The molecule has 3 heteroatoms. The Balaban J connectivity index is 2.65. The summed E-state index contributed by atoms with van der Waals surface area (Å²) in [6.45, 7) is 1.52. The molecule has 0 aliphatic heterocycles. The molecule has 0 unspecified atom stereocenters. The van der Waals surface area contributed by atoms with Gasteiger partial charge in [0.1, 0.15) is 17.6 Å². The van der Waals surface area contributed by atoms with Crippen molar-refractivity contribution < 1.29 is 13.9 Å². The van der Waals surface area contributed by atoms with E-state index in [1.165, 1.54) is 13.2 Å². The van der Waals surface area contributed by atoms with E-state index in [1.54, 1.807) is 13.2 Å². The van der Waals surface area contributed by atoms with Gasteiger partial charge in [0.05, 0.1) is 12.7 Å². The van der Waals surface area contributed by atoms with Crippen LogP contribution < -0.4 is 4.74 Å². The lowest BCUT2D eigenvalue weighted by Crippen LogP contribution is -1.88. The fraction of sp³-hybridized carbons (Fsp3) is 0.182. The normalized spacial score (nSPS) is 10.4. The molecule has 1 aromatic carbocycles. The third kappa shape index (κ3) is 1.27. The van der Waals surface area contributed by atoms with Crippen LogP contribution >= 0.6 is 0 Å². The highest BCUT2D eigenvalue weighted by molar-refractivity contribution is 6.06. The molecule has 0 amide bonds. The molecule has 0 fully saturated rings. The summed E-state index contributed by atoms with van der Waals surface area (Å²) in [5, 5.41) is 0.832. The molecule has 0 N–H and O–H groups in total. The third-order valence-corrected chi connectivity index (χ3v) is 2.16. The van der Waals surface area contributed by atoms with Crippen molar-refractivity contribution in [1.82, 2.24) is 0 Å². The molecule has 72 valence electrons. The van der Waals surface area contributed by atoms with E-state index in [0.29, 0.717) is 11.1 Å². The first-order chi connectivity index (χ1) is 6.72. The van der Waals surface area contributed by atoms with E-state index in [9.17, 15) is 4.79 Å². The van der Waals surface area contributed by atoms with Gasteiger partial charge in [0.25, 0.3) is 0 Å². The van der Waals surface area contributed by atoms with Gasteiger partial charge in [0, 0.05) is 11.5 Å². The van der Waals surface area contributed by atoms with Crippen molar-refractivity contribution in [2.45, 2.75) is 6.92 Å². The number of ether oxygens (including phenoxy) is 1. The third-order valence-electron chi connectivity index (χ3n) is 2.16. The zero-order valence-electron chi connectivity index (χ0n) is 8.03. The lowest BCUT2D eigenvalue weighted by atomic mass is 10.1. The van der Waals surface area contributed by atoms with Gasteiger partial charge in [-0.1, -0.05) is 0 Å². The summed E-state index contributed by atoms with van der Waals surface area (Å²) in [4.78, 5) is 11.2. The van der Waals surface area contributed by atoms with Crippen LogP contribution in [0.3, 0.4) is 0 Å². The van der Waals surface area contributed by atoms with Crippen molar-refractivity contribution in [3.63, 3.8) is 0 Å². The summed E-state index contributed by atoms with van der Waals surface area (Å²) in [5.74, 6) is 0.732. The highest BCUT2D eigenvalue weighted by Crippen LogP contribution is 2.25. The zero-order chi connectivity index (χ0) is 10.1. The standard InChI is InChI=1S/C11H10O3/c1-7(12)10-6-14-11-5-8(13-2)3-4-9(10)11/h3-6H,1-2H3.